The van der Waals surface area contributed by atoms with Crippen LogP contribution in [0.4, 0.5) is 4.39 Å². The van der Waals surface area contributed by atoms with E-state index in [9.17, 15) is 4.39 Å². The Kier molecular flexibility index (Phi) is 2.02. The lowest BCUT2D eigenvalue weighted by Gasteiger charge is -2.11. The predicted octanol–water partition coefficient (Wildman–Crippen LogP) is 3.13. The van der Waals surface area contributed by atoms with E-state index in [0.29, 0.717) is 0 Å². The van der Waals surface area contributed by atoms with E-state index in [4.69, 9.17) is 0 Å². The van der Waals surface area contributed by atoms with Crippen LogP contribution in [-0.2, 0) is 0 Å². The fourth-order valence-corrected chi connectivity index (χ4v) is 1.93. The highest BCUT2D eigenvalue weighted by molar-refractivity contribution is 5.79. The molecule has 74 valence electrons. The highest BCUT2D eigenvalue weighted by atomic mass is 19.1. The monoisotopic (exact) mass is 192 g/mol. The summed E-state index contributed by atoms with van der Waals surface area (Å²) in [7, 11) is 0. The SMILES string of the molecule is Cc1c(C(C)C)c(F)cc2[nH]cnc12. The summed E-state index contributed by atoms with van der Waals surface area (Å²) < 4.78 is 13.7. The summed E-state index contributed by atoms with van der Waals surface area (Å²) >= 11 is 0. The first kappa shape index (κ1) is 9.19. The van der Waals surface area contributed by atoms with Gasteiger partial charge in [0.2, 0.25) is 0 Å². The van der Waals surface area contributed by atoms with Gasteiger partial charge in [-0.05, 0) is 30.0 Å². The smallest absolute Gasteiger partial charge is 0.129 e. The Hall–Kier alpha value is -1.38. The Morgan fingerprint density at radius 2 is 2.14 bits per heavy atom. The minimum absolute atomic E-state index is 0.144. The number of imidazole rings is 1. The molecule has 3 heteroatoms. The Labute approximate surface area is 82.2 Å². The largest absolute Gasteiger partial charge is 0.345 e. The number of nitrogens with zero attached hydrogens (tertiary/aromatic N) is 1. The van der Waals surface area contributed by atoms with Gasteiger partial charge in [0.1, 0.15) is 5.82 Å². The van der Waals surface area contributed by atoms with Crippen LogP contribution < -0.4 is 0 Å². The number of hydrogen-bond donors (Lipinski definition) is 1. The van der Waals surface area contributed by atoms with Gasteiger partial charge in [-0.15, -0.1) is 0 Å². The molecule has 1 aromatic carbocycles. The third-order valence-electron chi connectivity index (χ3n) is 2.53. The number of rotatable bonds is 1. The number of aromatic amines is 1. The average Bonchev–Trinajstić information content (AvgIpc) is 2.50. The summed E-state index contributed by atoms with van der Waals surface area (Å²) in [5, 5.41) is 0. The number of H-pyrrole nitrogens is 1. The molecule has 2 nitrogen and oxygen atoms in total. The number of nitrogens with one attached hydrogen (secondary N) is 1. The van der Waals surface area contributed by atoms with Crippen molar-refractivity contribution in [3.63, 3.8) is 0 Å². The first-order valence-electron chi connectivity index (χ1n) is 4.73. The zero-order valence-corrected chi connectivity index (χ0v) is 8.56. The number of benzene rings is 1. The second-order valence-corrected chi connectivity index (χ2v) is 3.85. The predicted molar refractivity (Wildman–Crippen MR) is 54.9 cm³/mol. The molecule has 0 saturated heterocycles. The lowest BCUT2D eigenvalue weighted by molar-refractivity contribution is 0.598. The van der Waals surface area contributed by atoms with E-state index in [-0.39, 0.29) is 11.7 Å². The van der Waals surface area contributed by atoms with Crippen molar-refractivity contribution in [2.45, 2.75) is 26.7 Å². The molecular weight excluding hydrogens is 179 g/mol. The molecule has 0 aliphatic rings. The van der Waals surface area contributed by atoms with Crippen molar-refractivity contribution >= 4 is 11.0 Å². The van der Waals surface area contributed by atoms with E-state index in [1.165, 1.54) is 6.07 Å². The van der Waals surface area contributed by atoms with Crippen LogP contribution in [0, 0.1) is 12.7 Å². The maximum absolute atomic E-state index is 13.7. The molecule has 1 aromatic heterocycles. The number of aromatic nitrogens is 2. The van der Waals surface area contributed by atoms with Gasteiger partial charge in [0.05, 0.1) is 17.4 Å². The van der Waals surface area contributed by atoms with Crippen molar-refractivity contribution in [1.82, 2.24) is 9.97 Å². The Morgan fingerprint density at radius 1 is 1.43 bits per heavy atom. The first-order valence-corrected chi connectivity index (χ1v) is 4.73. The normalized spacial score (nSPS) is 11.5. The molecule has 0 unspecified atom stereocenters. The molecule has 0 aliphatic heterocycles. The Bertz CT molecular complexity index is 471. The molecule has 0 radical (unpaired) electrons. The van der Waals surface area contributed by atoms with Crippen LogP contribution in [0.2, 0.25) is 0 Å². The van der Waals surface area contributed by atoms with Gasteiger partial charge in [0.25, 0.3) is 0 Å². The minimum atomic E-state index is -0.144. The molecule has 0 aliphatic carbocycles. The van der Waals surface area contributed by atoms with Gasteiger partial charge in [-0.25, -0.2) is 9.37 Å². The van der Waals surface area contributed by atoms with Gasteiger partial charge >= 0.3 is 0 Å². The zero-order valence-electron chi connectivity index (χ0n) is 8.56. The fourth-order valence-electron chi connectivity index (χ4n) is 1.93. The Balaban J connectivity index is 2.82. The van der Waals surface area contributed by atoms with E-state index < -0.39 is 0 Å². The molecule has 2 aromatic rings. The van der Waals surface area contributed by atoms with Crippen LogP contribution in [0.3, 0.4) is 0 Å². The molecule has 0 amide bonds. The topological polar surface area (TPSA) is 28.7 Å². The summed E-state index contributed by atoms with van der Waals surface area (Å²) in [6.45, 7) is 5.90. The van der Waals surface area contributed by atoms with Gasteiger partial charge in [-0.3, -0.25) is 0 Å². The lowest BCUT2D eigenvalue weighted by Crippen LogP contribution is -1.98. The zero-order chi connectivity index (χ0) is 10.3. The highest BCUT2D eigenvalue weighted by Crippen LogP contribution is 2.27. The number of aryl methyl sites for hydroxylation is 1. The summed E-state index contributed by atoms with van der Waals surface area (Å²) in [5.41, 5.74) is 3.35. The van der Waals surface area contributed by atoms with Crippen molar-refractivity contribution in [3.8, 4) is 0 Å². The van der Waals surface area contributed by atoms with Crippen LogP contribution >= 0.6 is 0 Å². The van der Waals surface area contributed by atoms with Gasteiger partial charge in [-0.2, -0.15) is 0 Å². The minimum Gasteiger partial charge on any atom is -0.345 e. The van der Waals surface area contributed by atoms with E-state index in [1.54, 1.807) is 6.33 Å². The highest BCUT2D eigenvalue weighted by Gasteiger charge is 2.14. The third kappa shape index (κ3) is 1.20. The molecule has 0 spiro atoms. The molecule has 0 atom stereocenters. The molecule has 0 fully saturated rings. The molecule has 2 rings (SSSR count). The maximum Gasteiger partial charge on any atom is 0.129 e. The molecule has 0 saturated carbocycles. The number of halogens is 1. The van der Waals surface area contributed by atoms with Crippen molar-refractivity contribution < 1.29 is 4.39 Å². The van der Waals surface area contributed by atoms with Gasteiger partial charge in [0, 0.05) is 0 Å². The number of hydrogen-bond acceptors (Lipinski definition) is 1. The van der Waals surface area contributed by atoms with Gasteiger partial charge in [-0.1, -0.05) is 13.8 Å². The quantitative estimate of drug-likeness (QED) is 0.738. The van der Waals surface area contributed by atoms with Crippen LogP contribution in [0.15, 0.2) is 12.4 Å². The van der Waals surface area contributed by atoms with E-state index in [0.717, 1.165) is 22.2 Å². The molecule has 0 bridgehead atoms. The fraction of sp³-hybridized carbons (Fsp3) is 0.364. The second-order valence-electron chi connectivity index (χ2n) is 3.85. The summed E-state index contributed by atoms with van der Waals surface area (Å²) in [5.74, 6) is 0.0466. The third-order valence-corrected chi connectivity index (χ3v) is 2.53. The van der Waals surface area contributed by atoms with Crippen LogP contribution in [0.5, 0.6) is 0 Å². The van der Waals surface area contributed by atoms with Crippen molar-refractivity contribution in [2.24, 2.45) is 0 Å². The van der Waals surface area contributed by atoms with Crippen LogP contribution in [-0.4, -0.2) is 9.97 Å². The molecule has 14 heavy (non-hydrogen) atoms. The maximum atomic E-state index is 13.7. The summed E-state index contributed by atoms with van der Waals surface area (Å²) in [6, 6.07) is 1.52. The van der Waals surface area contributed by atoms with Gasteiger partial charge in [0.15, 0.2) is 0 Å². The molecule has 1 heterocycles. The standard InChI is InChI=1S/C11H13FN2/c1-6(2)10-7(3)11-9(4-8(10)12)13-5-14-11/h4-6H,1-3H3,(H,13,14). The Morgan fingerprint density at radius 3 is 2.79 bits per heavy atom. The molecule has 1 N–H and O–H groups in total. The van der Waals surface area contributed by atoms with E-state index in [1.807, 2.05) is 20.8 Å². The van der Waals surface area contributed by atoms with E-state index >= 15 is 0 Å². The molecular formula is C11H13FN2. The van der Waals surface area contributed by atoms with Crippen LogP contribution in [0.1, 0.15) is 30.9 Å². The van der Waals surface area contributed by atoms with Crippen molar-refractivity contribution in [2.75, 3.05) is 0 Å². The number of fused-ring (bicyclic) bond motifs is 1. The van der Waals surface area contributed by atoms with Crippen molar-refractivity contribution in [3.05, 3.63) is 29.3 Å². The van der Waals surface area contributed by atoms with E-state index in [2.05, 4.69) is 9.97 Å². The summed E-state index contributed by atoms with van der Waals surface area (Å²) in [4.78, 5) is 7.10. The van der Waals surface area contributed by atoms with Gasteiger partial charge < -0.3 is 4.98 Å². The second kappa shape index (κ2) is 3.08. The summed E-state index contributed by atoms with van der Waals surface area (Å²) in [6.07, 6.45) is 1.60. The van der Waals surface area contributed by atoms with Crippen molar-refractivity contribution in [1.29, 1.82) is 0 Å². The van der Waals surface area contributed by atoms with Crippen LogP contribution in [0.25, 0.3) is 11.0 Å². The first-order chi connectivity index (χ1) is 6.61. The average molecular weight is 192 g/mol. The lowest BCUT2D eigenvalue weighted by atomic mass is 9.96.